The van der Waals surface area contributed by atoms with Crippen molar-refractivity contribution >= 4 is 45.7 Å². The molecule has 0 atom stereocenters. The molecule has 0 saturated carbocycles. The van der Waals surface area contributed by atoms with Gasteiger partial charge < -0.3 is 9.80 Å². The third kappa shape index (κ3) is 2.27. The Balaban J connectivity index is 2.28. The minimum atomic E-state index is -0.766. The molecule has 0 N–H and O–H groups in total. The Morgan fingerprint density at radius 1 is 1.44 bits per heavy atom. The average Bonchev–Trinajstić information content (AvgIpc) is 2.72. The SMILES string of the molecule is CN1CCN(C(=O)c2csc(I)c2)C(C)(C)C1=O. The summed E-state index contributed by atoms with van der Waals surface area (Å²) in [5.74, 6) is -0.0624. The molecule has 1 aliphatic heterocycles. The first-order valence-corrected chi connectivity index (χ1v) is 7.61. The molecule has 1 aliphatic rings. The number of carbonyl (C=O) groups excluding carboxylic acids is 2. The van der Waals surface area contributed by atoms with Crippen LogP contribution < -0.4 is 0 Å². The van der Waals surface area contributed by atoms with Crippen molar-refractivity contribution in [3.05, 3.63) is 19.9 Å². The fourth-order valence-corrected chi connectivity index (χ4v) is 3.47. The van der Waals surface area contributed by atoms with Crippen molar-refractivity contribution < 1.29 is 9.59 Å². The highest BCUT2D eigenvalue weighted by Crippen LogP contribution is 2.26. The van der Waals surface area contributed by atoms with Crippen LogP contribution in [0.3, 0.4) is 0 Å². The Hall–Kier alpha value is -0.630. The summed E-state index contributed by atoms with van der Waals surface area (Å²) in [5.41, 5.74) is -0.0906. The molecule has 2 amide bonds. The molecule has 1 aromatic rings. The van der Waals surface area contributed by atoms with Crippen LogP contribution in [0.1, 0.15) is 24.2 Å². The quantitative estimate of drug-likeness (QED) is 0.702. The number of hydrogen-bond donors (Lipinski definition) is 0. The number of rotatable bonds is 1. The molecule has 0 bridgehead atoms. The van der Waals surface area contributed by atoms with Crippen LogP contribution in [0.25, 0.3) is 0 Å². The topological polar surface area (TPSA) is 40.6 Å². The predicted octanol–water partition coefficient (Wildman–Crippen LogP) is 2.05. The van der Waals surface area contributed by atoms with Gasteiger partial charge in [0.2, 0.25) is 5.91 Å². The predicted molar refractivity (Wildman–Crippen MR) is 79.8 cm³/mol. The number of amides is 2. The van der Waals surface area contributed by atoms with Crippen molar-refractivity contribution in [3.8, 4) is 0 Å². The molecule has 0 radical (unpaired) electrons. The van der Waals surface area contributed by atoms with Gasteiger partial charge in [-0.05, 0) is 42.5 Å². The van der Waals surface area contributed by atoms with Gasteiger partial charge in [-0.1, -0.05) is 0 Å². The number of piperazine rings is 1. The van der Waals surface area contributed by atoms with E-state index in [9.17, 15) is 9.59 Å². The number of hydrogen-bond acceptors (Lipinski definition) is 3. The summed E-state index contributed by atoms with van der Waals surface area (Å²) < 4.78 is 1.08. The summed E-state index contributed by atoms with van der Waals surface area (Å²) in [4.78, 5) is 27.9. The first kappa shape index (κ1) is 13.8. The second-order valence-electron chi connectivity index (χ2n) is 4.88. The average molecular weight is 378 g/mol. The van der Waals surface area contributed by atoms with Crippen molar-refractivity contribution in [1.82, 2.24) is 9.80 Å². The third-order valence-corrected chi connectivity index (χ3v) is 5.05. The summed E-state index contributed by atoms with van der Waals surface area (Å²) in [5, 5.41) is 1.85. The zero-order valence-corrected chi connectivity index (χ0v) is 13.5. The van der Waals surface area contributed by atoms with E-state index in [-0.39, 0.29) is 11.8 Å². The first-order valence-electron chi connectivity index (χ1n) is 5.65. The molecule has 2 rings (SSSR count). The lowest BCUT2D eigenvalue weighted by Crippen LogP contribution is -2.63. The standard InChI is InChI=1S/C12H15IN2O2S/c1-12(2)11(17)14(3)4-5-15(12)10(16)8-6-9(13)18-7-8/h6-7H,4-5H2,1-3H3. The van der Waals surface area contributed by atoms with E-state index in [1.54, 1.807) is 42.0 Å². The van der Waals surface area contributed by atoms with Crippen LogP contribution in [0.5, 0.6) is 0 Å². The van der Waals surface area contributed by atoms with Gasteiger partial charge in [-0.25, -0.2) is 0 Å². The maximum atomic E-state index is 12.4. The molecule has 0 aliphatic carbocycles. The van der Waals surface area contributed by atoms with Gasteiger partial charge in [0.05, 0.1) is 8.45 Å². The second-order valence-corrected chi connectivity index (χ2v) is 7.69. The number of carbonyl (C=O) groups is 2. The van der Waals surface area contributed by atoms with Gasteiger partial charge in [0.15, 0.2) is 0 Å². The molecule has 0 spiro atoms. The fourth-order valence-electron chi connectivity index (χ4n) is 2.15. The fraction of sp³-hybridized carbons (Fsp3) is 0.500. The third-order valence-electron chi connectivity index (χ3n) is 3.26. The zero-order valence-electron chi connectivity index (χ0n) is 10.6. The maximum Gasteiger partial charge on any atom is 0.255 e. The van der Waals surface area contributed by atoms with Crippen LogP contribution in [0.15, 0.2) is 11.4 Å². The minimum absolute atomic E-state index is 0.00738. The Morgan fingerprint density at radius 2 is 2.11 bits per heavy atom. The number of thiophene rings is 1. The Morgan fingerprint density at radius 3 is 2.67 bits per heavy atom. The second kappa shape index (κ2) is 4.80. The van der Waals surface area contributed by atoms with Gasteiger partial charge in [-0.3, -0.25) is 9.59 Å². The zero-order chi connectivity index (χ0) is 13.5. The molecule has 1 aromatic heterocycles. The number of halogens is 1. The van der Waals surface area contributed by atoms with Crippen molar-refractivity contribution in [2.45, 2.75) is 19.4 Å². The number of likely N-dealkylation sites (N-methyl/N-ethyl adjacent to an activating group) is 1. The molecule has 1 fully saturated rings. The van der Waals surface area contributed by atoms with E-state index in [0.29, 0.717) is 18.7 Å². The minimum Gasteiger partial charge on any atom is -0.342 e. The lowest BCUT2D eigenvalue weighted by atomic mass is 9.97. The lowest BCUT2D eigenvalue weighted by Gasteiger charge is -2.44. The smallest absolute Gasteiger partial charge is 0.255 e. The summed E-state index contributed by atoms with van der Waals surface area (Å²) in [6.07, 6.45) is 0. The monoisotopic (exact) mass is 378 g/mol. The largest absolute Gasteiger partial charge is 0.342 e. The normalized spacial score (nSPS) is 19.2. The Labute approximate surface area is 124 Å². The van der Waals surface area contributed by atoms with Crippen LogP contribution in [0.4, 0.5) is 0 Å². The molecule has 4 nitrogen and oxygen atoms in total. The highest BCUT2D eigenvalue weighted by molar-refractivity contribution is 14.1. The van der Waals surface area contributed by atoms with E-state index in [0.717, 1.165) is 2.88 Å². The van der Waals surface area contributed by atoms with Crippen molar-refractivity contribution in [1.29, 1.82) is 0 Å². The van der Waals surface area contributed by atoms with Crippen molar-refractivity contribution in [2.24, 2.45) is 0 Å². The molecule has 0 unspecified atom stereocenters. The Kier molecular flexibility index (Phi) is 3.68. The van der Waals surface area contributed by atoms with Gasteiger partial charge in [-0.15, -0.1) is 11.3 Å². The van der Waals surface area contributed by atoms with Crippen LogP contribution in [0.2, 0.25) is 0 Å². The molecule has 98 valence electrons. The van der Waals surface area contributed by atoms with E-state index >= 15 is 0 Å². The van der Waals surface area contributed by atoms with Crippen LogP contribution in [-0.2, 0) is 4.79 Å². The lowest BCUT2D eigenvalue weighted by molar-refractivity contribution is -0.144. The molecule has 6 heteroatoms. The summed E-state index contributed by atoms with van der Waals surface area (Å²) in [6, 6.07) is 1.87. The summed E-state index contributed by atoms with van der Waals surface area (Å²) >= 11 is 3.74. The highest BCUT2D eigenvalue weighted by atomic mass is 127. The van der Waals surface area contributed by atoms with E-state index in [4.69, 9.17) is 0 Å². The molecular formula is C12H15IN2O2S. The van der Waals surface area contributed by atoms with E-state index in [1.165, 1.54) is 0 Å². The van der Waals surface area contributed by atoms with Crippen molar-refractivity contribution in [2.75, 3.05) is 20.1 Å². The van der Waals surface area contributed by atoms with Gasteiger partial charge in [0, 0.05) is 25.5 Å². The summed E-state index contributed by atoms with van der Waals surface area (Å²) in [6.45, 7) is 4.79. The molecule has 1 saturated heterocycles. The Bertz CT molecular complexity index is 498. The molecule has 0 aromatic carbocycles. The highest BCUT2D eigenvalue weighted by Gasteiger charge is 2.43. The van der Waals surface area contributed by atoms with Crippen LogP contribution in [-0.4, -0.2) is 47.3 Å². The molecule has 2 heterocycles. The summed E-state index contributed by atoms with van der Waals surface area (Å²) in [7, 11) is 1.78. The maximum absolute atomic E-state index is 12.4. The van der Waals surface area contributed by atoms with Gasteiger partial charge >= 0.3 is 0 Å². The van der Waals surface area contributed by atoms with E-state index in [2.05, 4.69) is 22.6 Å². The molecular weight excluding hydrogens is 363 g/mol. The first-order chi connectivity index (χ1) is 8.34. The van der Waals surface area contributed by atoms with E-state index in [1.807, 2.05) is 11.4 Å². The van der Waals surface area contributed by atoms with Gasteiger partial charge in [-0.2, -0.15) is 0 Å². The van der Waals surface area contributed by atoms with Crippen LogP contribution >= 0.6 is 33.9 Å². The van der Waals surface area contributed by atoms with Crippen molar-refractivity contribution in [3.63, 3.8) is 0 Å². The van der Waals surface area contributed by atoms with Crippen LogP contribution in [0, 0.1) is 2.88 Å². The van der Waals surface area contributed by atoms with E-state index < -0.39 is 5.54 Å². The number of nitrogens with zero attached hydrogens (tertiary/aromatic N) is 2. The van der Waals surface area contributed by atoms with Gasteiger partial charge in [0.1, 0.15) is 5.54 Å². The molecule has 18 heavy (non-hydrogen) atoms. The van der Waals surface area contributed by atoms with Gasteiger partial charge in [0.25, 0.3) is 5.91 Å².